The molecule has 1 aliphatic carbocycles. The van der Waals surface area contributed by atoms with Gasteiger partial charge in [0.15, 0.2) is 0 Å². The third-order valence-electron chi connectivity index (χ3n) is 5.20. The monoisotopic (exact) mass is 286 g/mol. The highest BCUT2D eigenvalue weighted by Gasteiger charge is 2.37. The fourth-order valence-corrected chi connectivity index (χ4v) is 3.66. The average Bonchev–Trinajstić information content (AvgIpc) is 3.37. The first-order valence-corrected chi connectivity index (χ1v) is 8.88. The molecule has 0 radical (unpaired) electrons. The van der Waals surface area contributed by atoms with Crippen LogP contribution < -0.4 is 5.32 Å². The van der Waals surface area contributed by atoms with E-state index in [9.17, 15) is 0 Å². The van der Waals surface area contributed by atoms with Crippen LogP contribution in [0, 0.1) is 5.92 Å². The molecule has 2 aliphatic rings. The van der Waals surface area contributed by atoms with Gasteiger partial charge in [-0.2, -0.15) is 0 Å². The topological polar surface area (TPSA) is 15.3 Å². The second-order valence-electron chi connectivity index (χ2n) is 6.86. The summed E-state index contributed by atoms with van der Waals surface area (Å²) in [5.74, 6) is 0.990. The van der Waals surface area contributed by atoms with Crippen molar-refractivity contribution in [2.75, 3.05) is 19.6 Å². The lowest BCUT2D eigenvalue weighted by molar-refractivity contribution is 0.111. The third kappa shape index (κ3) is 4.31. The van der Waals surface area contributed by atoms with E-state index in [4.69, 9.17) is 0 Å². The standard InChI is InChI=1S/C19H30N2/c1-2-18-15-21(19(14-20-18)17-11-12-17)13-7-6-10-16-8-4-3-5-9-16/h3-5,8-9,17-20H,2,6-7,10-15H2,1H3. The van der Waals surface area contributed by atoms with Gasteiger partial charge >= 0.3 is 0 Å². The van der Waals surface area contributed by atoms with Crippen LogP contribution in [-0.4, -0.2) is 36.6 Å². The minimum absolute atomic E-state index is 0.717. The summed E-state index contributed by atoms with van der Waals surface area (Å²) < 4.78 is 0. The molecule has 0 bridgehead atoms. The van der Waals surface area contributed by atoms with Crippen LogP contribution in [-0.2, 0) is 6.42 Å². The number of nitrogens with zero attached hydrogens (tertiary/aromatic N) is 1. The van der Waals surface area contributed by atoms with E-state index < -0.39 is 0 Å². The van der Waals surface area contributed by atoms with E-state index in [1.807, 2.05) is 0 Å². The molecule has 2 atom stereocenters. The van der Waals surface area contributed by atoms with E-state index in [2.05, 4.69) is 47.5 Å². The van der Waals surface area contributed by atoms with Gasteiger partial charge < -0.3 is 5.32 Å². The number of rotatable bonds is 7. The highest BCUT2D eigenvalue weighted by molar-refractivity contribution is 5.14. The summed E-state index contributed by atoms with van der Waals surface area (Å²) >= 11 is 0. The molecular formula is C19H30N2. The highest BCUT2D eigenvalue weighted by Crippen LogP contribution is 2.36. The third-order valence-corrected chi connectivity index (χ3v) is 5.20. The van der Waals surface area contributed by atoms with E-state index in [0.717, 1.165) is 12.0 Å². The second-order valence-corrected chi connectivity index (χ2v) is 6.86. The molecule has 0 amide bonds. The minimum Gasteiger partial charge on any atom is -0.311 e. The molecule has 1 N–H and O–H groups in total. The van der Waals surface area contributed by atoms with Crippen molar-refractivity contribution in [3.05, 3.63) is 35.9 Å². The maximum atomic E-state index is 3.74. The van der Waals surface area contributed by atoms with Crippen LogP contribution in [0.2, 0.25) is 0 Å². The van der Waals surface area contributed by atoms with Gasteiger partial charge in [-0.25, -0.2) is 0 Å². The summed E-state index contributed by atoms with van der Waals surface area (Å²) in [6, 6.07) is 12.5. The first kappa shape index (κ1) is 15.1. The molecule has 0 aromatic heterocycles. The van der Waals surface area contributed by atoms with Gasteiger partial charge in [0.05, 0.1) is 0 Å². The smallest absolute Gasteiger partial charge is 0.0249 e. The first-order chi connectivity index (χ1) is 10.4. The van der Waals surface area contributed by atoms with Crippen LogP contribution in [0.5, 0.6) is 0 Å². The lowest BCUT2D eigenvalue weighted by Gasteiger charge is -2.40. The number of nitrogens with one attached hydrogen (secondary N) is 1. The average molecular weight is 286 g/mol. The molecule has 2 nitrogen and oxygen atoms in total. The van der Waals surface area contributed by atoms with Crippen molar-refractivity contribution in [1.82, 2.24) is 10.2 Å². The van der Waals surface area contributed by atoms with E-state index in [1.165, 1.54) is 63.7 Å². The van der Waals surface area contributed by atoms with Crippen molar-refractivity contribution in [1.29, 1.82) is 0 Å². The summed E-state index contributed by atoms with van der Waals surface area (Å²) in [4.78, 5) is 2.80. The molecule has 21 heavy (non-hydrogen) atoms. The zero-order valence-electron chi connectivity index (χ0n) is 13.4. The molecule has 2 heteroatoms. The van der Waals surface area contributed by atoms with Gasteiger partial charge in [0, 0.05) is 25.2 Å². The van der Waals surface area contributed by atoms with Crippen LogP contribution in [0.15, 0.2) is 30.3 Å². The summed E-state index contributed by atoms with van der Waals surface area (Å²) in [5.41, 5.74) is 1.49. The van der Waals surface area contributed by atoms with Crippen LogP contribution in [0.1, 0.15) is 44.6 Å². The number of piperazine rings is 1. The Labute approximate surface area is 129 Å². The Hall–Kier alpha value is -0.860. The van der Waals surface area contributed by atoms with Gasteiger partial charge in [0.1, 0.15) is 0 Å². The van der Waals surface area contributed by atoms with Crippen LogP contribution in [0.4, 0.5) is 0 Å². The lowest BCUT2D eigenvalue weighted by Crippen LogP contribution is -2.57. The molecule has 0 spiro atoms. The van der Waals surface area contributed by atoms with Crippen molar-refractivity contribution in [3.8, 4) is 0 Å². The SMILES string of the molecule is CCC1CN(CCCCc2ccccc2)C(C2CC2)CN1. The summed E-state index contributed by atoms with van der Waals surface area (Å²) in [5, 5.41) is 3.74. The van der Waals surface area contributed by atoms with Crippen molar-refractivity contribution in [2.24, 2.45) is 5.92 Å². The molecule has 1 heterocycles. The number of hydrogen-bond acceptors (Lipinski definition) is 2. The predicted octanol–water partition coefficient (Wildman–Crippen LogP) is 3.47. The van der Waals surface area contributed by atoms with Gasteiger partial charge in [-0.05, 0) is 56.6 Å². The van der Waals surface area contributed by atoms with Crippen LogP contribution >= 0.6 is 0 Å². The predicted molar refractivity (Wildman–Crippen MR) is 89.5 cm³/mol. The number of unbranched alkanes of at least 4 members (excludes halogenated alkanes) is 1. The second kappa shape index (κ2) is 7.42. The van der Waals surface area contributed by atoms with E-state index >= 15 is 0 Å². The number of hydrogen-bond donors (Lipinski definition) is 1. The quantitative estimate of drug-likeness (QED) is 0.772. The molecule has 1 aromatic rings. The Morgan fingerprint density at radius 2 is 1.95 bits per heavy atom. The molecule has 3 rings (SSSR count). The van der Waals surface area contributed by atoms with Crippen LogP contribution in [0.3, 0.4) is 0 Å². The Morgan fingerprint density at radius 3 is 2.67 bits per heavy atom. The van der Waals surface area contributed by atoms with Gasteiger partial charge in [-0.1, -0.05) is 37.3 Å². The fraction of sp³-hybridized carbons (Fsp3) is 0.684. The Morgan fingerprint density at radius 1 is 1.14 bits per heavy atom. The van der Waals surface area contributed by atoms with Gasteiger partial charge in [0.25, 0.3) is 0 Å². The minimum atomic E-state index is 0.717. The highest BCUT2D eigenvalue weighted by atomic mass is 15.2. The van der Waals surface area contributed by atoms with Crippen LogP contribution in [0.25, 0.3) is 0 Å². The van der Waals surface area contributed by atoms with Gasteiger partial charge in [-0.15, -0.1) is 0 Å². The Bertz CT molecular complexity index is 413. The van der Waals surface area contributed by atoms with E-state index in [1.54, 1.807) is 0 Å². The maximum Gasteiger partial charge on any atom is 0.0249 e. The summed E-state index contributed by atoms with van der Waals surface area (Å²) in [6.07, 6.45) is 8.08. The first-order valence-electron chi connectivity index (χ1n) is 8.88. The van der Waals surface area contributed by atoms with Gasteiger partial charge in [0.2, 0.25) is 0 Å². The molecule has 2 fully saturated rings. The zero-order valence-corrected chi connectivity index (χ0v) is 13.4. The molecule has 1 aromatic carbocycles. The van der Waals surface area contributed by atoms with Crippen molar-refractivity contribution in [3.63, 3.8) is 0 Å². The van der Waals surface area contributed by atoms with Crippen molar-refractivity contribution >= 4 is 0 Å². The molecule has 1 saturated heterocycles. The zero-order chi connectivity index (χ0) is 14.5. The summed E-state index contributed by atoms with van der Waals surface area (Å²) in [7, 11) is 0. The Balaban J connectivity index is 1.43. The fourth-order valence-electron chi connectivity index (χ4n) is 3.66. The molecule has 1 saturated carbocycles. The molecule has 1 aliphatic heterocycles. The summed E-state index contributed by atoms with van der Waals surface area (Å²) in [6.45, 7) is 6.10. The van der Waals surface area contributed by atoms with Crippen molar-refractivity contribution in [2.45, 2.75) is 57.5 Å². The number of benzene rings is 1. The number of aryl methyl sites for hydroxylation is 1. The van der Waals surface area contributed by atoms with E-state index in [0.29, 0.717) is 6.04 Å². The maximum absolute atomic E-state index is 3.74. The largest absolute Gasteiger partial charge is 0.311 e. The molecule has 2 unspecified atom stereocenters. The van der Waals surface area contributed by atoms with Crippen molar-refractivity contribution < 1.29 is 0 Å². The Kier molecular flexibility index (Phi) is 5.32. The van der Waals surface area contributed by atoms with E-state index in [-0.39, 0.29) is 0 Å². The van der Waals surface area contributed by atoms with Gasteiger partial charge in [-0.3, -0.25) is 4.90 Å². The normalized spacial score (nSPS) is 26.9. The lowest BCUT2D eigenvalue weighted by atomic mass is 10.0. The molecule has 116 valence electrons. The molecular weight excluding hydrogens is 256 g/mol.